The van der Waals surface area contributed by atoms with Gasteiger partial charge in [-0.05, 0) is 37.1 Å². The van der Waals surface area contributed by atoms with Gasteiger partial charge in [-0.2, -0.15) is 0 Å². The van der Waals surface area contributed by atoms with Crippen LogP contribution in [0.4, 0.5) is 0 Å². The molecule has 0 aromatic heterocycles. The van der Waals surface area contributed by atoms with Crippen molar-refractivity contribution in [1.29, 1.82) is 0 Å². The first kappa shape index (κ1) is 11.2. The van der Waals surface area contributed by atoms with Gasteiger partial charge in [-0.3, -0.25) is 4.79 Å². The monoisotopic (exact) mass is 218 g/mol. The van der Waals surface area contributed by atoms with E-state index < -0.39 is 0 Å². The lowest BCUT2D eigenvalue weighted by molar-refractivity contribution is 0.0858. The fourth-order valence-corrected chi connectivity index (χ4v) is 1.50. The molecule has 0 bridgehead atoms. The van der Waals surface area contributed by atoms with Crippen LogP contribution in [0.1, 0.15) is 44.0 Å². The van der Waals surface area contributed by atoms with E-state index in [2.05, 4.69) is 0 Å². The van der Waals surface area contributed by atoms with Gasteiger partial charge in [-0.25, -0.2) is 0 Å². The van der Waals surface area contributed by atoms with Gasteiger partial charge in [0.05, 0.1) is 6.10 Å². The van der Waals surface area contributed by atoms with Gasteiger partial charge in [0.25, 0.3) is 0 Å². The molecule has 2 rings (SSSR count). The lowest BCUT2D eigenvalue weighted by Crippen LogP contribution is -2.19. The molecule has 0 heterocycles. The Balaban J connectivity index is 2.09. The van der Waals surface area contributed by atoms with Crippen LogP contribution < -0.4 is 4.74 Å². The molecule has 0 unspecified atom stereocenters. The van der Waals surface area contributed by atoms with E-state index in [0.29, 0.717) is 6.10 Å². The van der Waals surface area contributed by atoms with Crippen LogP contribution in [-0.2, 0) is 0 Å². The van der Waals surface area contributed by atoms with Crippen molar-refractivity contribution in [2.75, 3.05) is 0 Å². The van der Waals surface area contributed by atoms with Crippen LogP contribution in [0, 0.1) is 5.41 Å². The highest BCUT2D eigenvalue weighted by Gasteiger charge is 2.24. The van der Waals surface area contributed by atoms with E-state index >= 15 is 0 Å². The minimum absolute atomic E-state index is 0.172. The van der Waals surface area contributed by atoms with Crippen molar-refractivity contribution < 1.29 is 9.53 Å². The highest BCUT2D eigenvalue weighted by Crippen LogP contribution is 2.28. The Bertz CT molecular complexity index is 380. The van der Waals surface area contributed by atoms with E-state index in [9.17, 15) is 4.79 Å². The molecule has 1 fully saturated rings. The molecule has 1 aliphatic rings. The summed E-state index contributed by atoms with van der Waals surface area (Å²) in [5.41, 5.74) is 0.439. The fraction of sp³-hybridized carbons (Fsp3) is 0.500. The average Bonchev–Trinajstić information content (AvgIpc) is 3.00. The van der Waals surface area contributed by atoms with Crippen molar-refractivity contribution in [3.8, 4) is 5.75 Å². The van der Waals surface area contributed by atoms with Gasteiger partial charge in [-0.1, -0.05) is 20.8 Å². The molecule has 86 valence electrons. The summed E-state index contributed by atoms with van der Waals surface area (Å²) in [5.74, 6) is 1.04. The molecule has 1 aromatic carbocycles. The Morgan fingerprint density at radius 1 is 1.19 bits per heavy atom. The molecule has 16 heavy (non-hydrogen) atoms. The Labute approximate surface area is 96.6 Å². The van der Waals surface area contributed by atoms with E-state index in [1.165, 1.54) is 0 Å². The third-order valence-electron chi connectivity index (χ3n) is 2.62. The molecule has 1 aromatic rings. The predicted octanol–water partition coefficient (Wildman–Crippen LogP) is 3.46. The molecule has 0 aliphatic heterocycles. The molecule has 1 saturated carbocycles. The van der Waals surface area contributed by atoms with E-state index in [1.807, 2.05) is 45.0 Å². The first-order valence-corrected chi connectivity index (χ1v) is 5.78. The second kappa shape index (κ2) is 3.93. The molecule has 0 radical (unpaired) electrons. The van der Waals surface area contributed by atoms with Crippen molar-refractivity contribution in [2.45, 2.75) is 39.7 Å². The van der Waals surface area contributed by atoms with Gasteiger partial charge in [0.15, 0.2) is 5.78 Å². The number of hydrogen-bond donors (Lipinski definition) is 0. The molecule has 0 spiro atoms. The Kier molecular flexibility index (Phi) is 2.75. The van der Waals surface area contributed by atoms with E-state index in [4.69, 9.17) is 4.74 Å². The van der Waals surface area contributed by atoms with Crippen molar-refractivity contribution in [3.05, 3.63) is 29.8 Å². The van der Waals surface area contributed by atoms with Gasteiger partial charge >= 0.3 is 0 Å². The zero-order valence-electron chi connectivity index (χ0n) is 10.1. The molecule has 1 aliphatic carbocycles. The van der Waals surface area contributed by atoms with Gasteiger partial charge in [0.1, 0.15) is 5.75 Å². The summed E-state index contributed by atoms with van der Waals surface area (Å²) in [5, 5.41) is 0. The van der Waals surface area contributed by atoms with Crippen LogP contribution in [0.3, 0.4) is 0 Å². The highest BCUT2D eigenvalue weighted by atomic mass is 16.5. The van der Waals surface area contributed by atoms with Gasteiger partial charge in [0, 0.05) is 11.0 Å². The normalized spacial score (nSPS) is 15.9. The summed E-state index contributed by atoms with van der Waals surface area (Å²) in [4.78, 5) is 12.0. The van der Waals surface area contributed by atoms with Crippen molar-refractivity contribution in [2.24, 2.45) is 5.41 Å². The van der Waals surface area contributed by atoms with Gasteiger partial charge in [0.2, 0.25) is 0 Å². The number of ether oxygens (including phenoxy) is 1. The van der Waals surface area contributed by atoms with Crippen LogP contribution in [0.25, 0.3) is 0 Å². The third kappa shape index (κ3) is 2.63. The molecule has 0 N–H and O–H groups in total. The van der Waals surface area contributed by atoms with Crippen LogP contribution in [0.15, 0.2) is 24.3 Å². The third-order valence-corrected chi connectivity index (χ3v) is 2.62. The van der Waals surface area contributed by atoms with Crippen LogP contribution in [-0.4, -0.2) is 11.9 Å². The van der Waals surface area contributed by atoms with Crippen LogP contribution in [0.5, 0.6) is 5.75 Å². The number of Topliss-reactive ketones (excluding diaryl/α,β-unsaturated/α-hetero) is 1. The zero-order chi connectivity index (χ0) is 11.8. The Morgan fingerprint density at radius 3 is 2.19 bits per heavy atom. The number of carbonyl (C=O) groups excluding carboxylic acids is 1. The first-order chi connectivity index (χ1) is 7.47. The molecular formula is C14H18O2. The van der Waals surface area contributed by atoms with Crippen molar-refractivity contribution in [3.63, 3.8) is 0 Å². The fourth-order valence-electron chi connectivity index (χ4n) is 1.50. The summed E-state index contributed by atoms with van der Waals surface area (Å²) < 4.78 is 5.63. The topological polar surface area (TPSA) is 26.3 Å². The summed E-state index contributed by atoms with van der Waals surface area (Å²) in [6.45, 7) is 5.80. The maximum absolute atomic E-state index is 12.0. The highest BCUT2D eigenvalue weighted by molar-refractivity contribution is 5.99. The zero-order valence-corrected chi connectivity index (χ0v) is 10.1. The van der Waals surface area contributed by atoms with Crippen LogP contribution >= 0.6 is 0 Å². The maximum Gasteiger partial charge on any atom is 0.168 e. The van der Waals surface area contributed by atoms with Crippen molar-refractivity contribution in [1.82, 2.24) is 0 Å². The van der Waals surface area contributed by atoms with E-state index in [0.717, 1.165) is 24.2 Å². The number of ketones is 1. The van der Waals surface area contributed by atoms with Crippen molar-refractivity contribution >= 4 is 5.78 Å². The average molecular weight is 218 g/mol. The Morgan fingerprint density at radius 2 is 1.75 bits per heavy atom. The van der Waals surface area contributed by atoms with E-state index in [1.54, 1.807) is 0 Å². The molecule has 2 nitrogen and oxygen atoms in total. The number of benzene rings is 1. The molecule has 0 amide bonds. The summed E-state index contributed by atoms with van der Waals surface area (Å²) >= 11 is 0. The molecule has 0 atom stereocenters. The summed E-state index contributed by atoms with van der Waals surface area (Å²) in [6, 6.07) is 7.48. The molecule has 2 heteroatoms. The maximum atomic E-state index is 12.0. The second-order valence-corrected chi connectivity index (χ2v) is 5.42. The summed E-state index contributed by atoms with van der Waals surface area (Å²) in [7, 11) is 0. The predicted molar refractivity (Wildman–Crippen MR) is 63.9 cm³/mol. The minimum Gasteiger partial charge on any atom is -0.490 e. The lowest BCUT2D eigenvalue weighted by atomic mass is 9.86. The molecule has 0 saturated heterocycles. The standard InChI is InChI=1S/C14H18O2/c1-14(2,3)13(15)10-4-6-11(7-5-10)16-12-8-9-12/h4-7,12H,8-9H2,1-3H3. The Hall–Kier alpha value is -1.31. The van der Waals surface area contributed by atoms with Gasteiger partial charge in [-0.15, -0.1) is 0 Å². The van der Waals surface area contributed by atoms with Crippen LogP contribution in [0.2, 0.25) is 0 Å². The SMILES string of the molecule is CC(C)(C)C(=O)c1ccc(OC2CC2)cc1. The largest absolute Gasteiger partial charge is 0.490 e. The number of hydrogen-bond acceptors (Lipinski definition) is 2. The molecular weight excluding hydrogens is 200 g/mol. The van der Waals surface area contributed by atoms with Gasteiger partial charge < -0.3 is 4.74 Å². The quantitative estimate of drug-likeness (QED) is 0.726. The smallest absolute Gasteiger partial charge is 0.168 e. The summed E-state index contributed by atoms with van der Waals surface area (Å²) in [6.07, 6.45) is 2.72. The first-order valence-electron chi connectivity index (χ1n) is 5.78. The number of rotatable bonds is 3. The lowest BCUT2D eigenvalue weighted by Gasteiger charge is -2.16. The van der Waals surface area contributed by atoms with E-state index in [-0.39, 0.29) is 11.2 Å². The second-order valence-electron chi connectivity index (χ2n) is 5.42. The minimum atomic E-state index is -0.321. The number of carbonyl (C=O) groups is 1.